The maximum absolute atomic E-state index is 14.3. The summed E-state index contributed by atoms with van der Waals surface area (Å²) in [6, 6.07) is 14.1. The lowest BCUT2D eigenvalue weighted by molar-refractivity contribution is -0.141. The second-order valence-electron chi connectivity index (χ2n) is 12.5. The summed E-state index contributed by atoms with van der Waals surface area (Å²) < 4.78 is 35.9. The summed E-state index contributed by atoms with van der Waals surface area (Å²) in [5, 5.41) is 1.09. The molecule has 3 fully saturated rings. The molecule has 224 valence electrons. The van der Waals surface area contributed by atoms with E-state index in [4.69, 9.17) is 4.74 Å². The van der Waals surface area contributed by atoms with E-state index in [1.54, 1.807) is 6.07 Å². The molecule has 0 bridgehead atoms. The fourth-order valence-corrected chi connectivity index (χ4v) is 8.15. The van der Waals surface area contributed by atoms with Gasteiger partial charge in [-0.2, -0.15) is 12.7 Å². The average molecular weight is 593 g/mol. The van der Waals surface area contributed by atoms with Crippen LogP contribution in [0.15, 0.2) is 42.5 Å². The van der Waals surface area contributed by atoms with E-state index in [2.05, 4.69) is 33.6 Å². The van der Waals surface area contributed by atoms with Crippen LogP contribution in [0.3, 0.4) is 0 Å². The van der Waals surface area contributed by atoms with Crippen LogP contribution in [0.2, 0.25) is 0 Å². The molecule has 42 heavy (non-hydrogen) atoms. The first-order valence-electron chi connectivity index (χ1n) is 15.1. The van der Waals surface area contributed by atoms with Gasteiger partial charge in [-0.05, 0) is 48.4 Å². The molecular formula is C32H40N4O5S. The molecule has 1 aromatic heterocycles. The van der Waals surface area contributed by atoms with Gasteiger partial charge in [0.15, 0.2) is 0 Å². The van der Waals surface area contributed by atoms with Gasteiger partial charge in [0.25, 0.3) is 5.91 Å². The van der Waals surface area contributed by atoms with Crippen molar-refractivity contribution in [1.82, 2.24) is 18.5 Å². The Morgan fingerprint density at radius 2 is 1.79 bits per heavy atom. The van der Waals surface area contributed by atoms with Gasteiger partial charge in [-0.3, -0.25) is 9.59 Å². The summed E-state index contributed by atoms with van der Waals surface area (Å²) >= 11 is 0. The number of benzene rings is 2. The smallest absolute Gasteiger partial charge is 0.303 e. The quantitative estimate of drug-likeness (QED) is 0.471. The molecule has 2 aliphatic carbocycles. The van der Waals surface area contributed by atoms with Crippen molar-refractivity contribution in [2.75, 3.05) is 40.4 Å². The lowest BCUT2D eigenvalue weighted by atomic mass is 9.81. The molecule has 2 amide bonds. The molecule has 2 aromatic carbocycles. The SMILES string of the molecule is CN(C)S(=O)(=O)NC(=O)c1ccc2c(C3CCCCC3)c3n(c2c1)CC1(C(=O)N2CCOCC2)CC1c1ccccc1-3.[HH]. The van der Waals surface area contributed by atoms with E-state index in [9.17, 15) is 18.0 Å². The van der Waals surface area contributed by atoms with E-state index in [0.717, 1.165) is 40.2 Å². The van der Waals surface area contributed by atoms with Crippen LogP contribution in [0, 0.1) is 5.41 Å². The molecule has 0 spiro atoms. The summed E-state index contributed by atoms with van der Waals surface area (Å²) in [6.07, 6.45) is 6.62. The number of carbonyl (C=O) groups is 2. The monoisotopic (exact) mass is 592 g/mol. The highest BCUT2D eigenvalue weighted by Gasteiger charge is 2.63. The molecule has 3 aromatic rings. The van der Waals surface area contributed by atoms with Gasteiger partial charge in [0, 0.05) is 63.1 Å². The maximum Gasteiger partial charge on any atom is 0.303 e. The zero-order valence-corrected chi connectivity index (χ0v) is 25.1. The van der Waals surface area contributed by atoms with Crippen molar-refractivity contribution in [2.45, 2.75) is 56.9 Å². The number of aromatic nitrogens is 1. The van der Waals surface area contributed by atoms with Crippen molar-refractivity contribution in [1.29, 1.82) is 0 Å². The van der Waals surface area contributed by atoms with Gasteiger partial charge in [-0.15, -0.1) is 0 Å². The minimum atomic E-state index is -3.94. The third-order valence-corrected chi connectivity index (χ3v) is 11.3. The molecule has 1 N–H and O–H groups in total. The zero-order valence-electron chi connectivity index (χ0n) is 24.3. The Morgan fingerprint density at radius 1 is 1.05 bits per heavy atom. The summed E-state index contributed by atoms with van der Waals surface area (Å²) in [6.45, 7) is 2.85. The molecular weight excluding hydrogens is 552 g/mol. The van der Waals surface area contributed by atoms with Crippen molar-refractivity contribution in [3.05, 3.63) is 59.2 Å². The molecule has 7 rings (SSSR count). The molecule has 2 atom stereocenters. The third-order valence-electron chi connectivity index (χ3n) is 9.91. The highest BCUT2D eigenvalue weighted by molar-refractivity contribution is 7.87. The number of amides is 2. The third kappa shape index (κ3) is 4.37. The van der Waals surface area contributed by atoms with E-state index in [-0.39, 0.29) is 18.8 Å². The number of nitrogens with one attached hydrogen (secondary N) is 1. The standard InChI is InChI=1S/C32H38N4O5S.H2/c1-34(2)42(39,40)33-30(37)22-12-13-25-27(18-22)36-20-32(31(38)35-14-16-41-17-15-35)19-26(32)23-10-6-7-11-24(23)29(36)28(25)21-8-4-3-5-9-21;/h6-7,10-13,18,21,26H,3-5,8-9,14-17,19-20H2,1-2H3,(H,33,37);1H. The Balaban J connectivity index is 0.00000329. The predicted octanol–water partition coefficient (Wildman–Crippen LogP) is 4.48. The lowest BCUT2D eigenvalue weighted by Gasteiger charge is -2.31. The number of fused-ring (bicyclic) bond motifs is 7. The van der Waals surface area contributed by atoms with Crippen molar-refractivity contribution in [3.63, 3.8) is 0 Å². The maximum atomic E-state index is 14.3. The molecule has 2 unspecified atom stereocenters. The molecule has 2 saturated carbocycles. The van der Waals surface area contributed by atoms with Gasteiger partial charge >= 0.3 is 10.2 Å². The molecule has 10 heteroatoms. The molecule has 9 nitrogen and oxygen atoms in total. The van der Waals surface area contributed by atoms with E-state index < -0.39 is 21.5 Å². The second-order valence-corrected chi connectivity index (χ2v) is 14.4. The van der Waals surface area contributed by atoms with E-state index >= 15 is 0 Å². The fraction of sp³-hybridized carbons (Fsp3) is 0.500. The predicted molar refractivity (Wildman–Crippen MR) is 163 cm³/mol. The van der Waals surface area contributed by atoms with Crippen molar-refractivity contribution in [2.24, 2.45) is 5.41 Å². The molecule has 4 aliphatic rings. The normalized spacial score (nSPS) is 24.1. The summed E-state index contributed by atoms with van der Waals surface area (Å²) in [7, 11) is -1.17. The van der Waals surface area contributed by atoms with E-state index in [1.807, 2.05) is 17.0 Å². The van der Waals surface area contributed by atoms with Crippen LogP contribution in [0.5, 0.6) is 0 Å². The van der Waals surface area contributed by atoms with Gasteiger partial charge in [-0.1, -0.05) is 49.6 Å². The number of hydrogen-bond acceptors (Lipinski definition) is 5. The first kappa shape index (κ1) is 27.6. The number of morpholine rings is 1. The minimum Gasteiger partial charge on any atom is -0.378 e. The zero-order chi connectivity index (χ0) is 29.2. The number of rotatable bonds is 5. The van der Waals surface area contributed by atoms with Crippen LogP contribution in [0.1, 0.15) is 73.3 Å². The molecule has 2 aliphatic heterocycles. The summed E-state index contributed by atoms with van der Waals surface area (Å²) in [5.74, 6) is 0.0397. The van der Waals surface area contributed by atoms with Crippen molar-refractivity contribution < 1.29 is 24.2 Å². The average Bonchev–Trinajstić information content (AvgIpc) is 3.67. The van der Waals surface area contributed by atoms with Gasteiger partial charge in [0.1, 0.15) is 0 Å². The summed E-state index contributed by atoms with van der Waals surface area (Å²) in [5.41, 5.74) is 5.48. The second kappa shape index (κ2) is 10.2. The van der Waals surface area contributed by atoms with Crippen molar-refractivity contribution in [3.8, 4) is 11.3 Å². The Kier molecular flexibility index (Phi) is 6.71. The van der Waals surface area contributed by atoms with Gasteiger partial charge < -0.3 is 14.2 Å². The van der Waals surface area contributed by atoms with Crippen LogP contribution in [0.4, 0.5) is 0 Å². The highest BCUT2D eigenvalue weighted by atomic mass is 32.2. The first-order chi connectivity index (χ1) is 20.2. The van der Waals surface area contributed by atoms with Gasteiger partial charge in [0.2, 0.25) is 5.91 Å². The van der Waals surface area contributed by atoms with Crippen LogP contribution < -0.4 is 4.72 Å². The highest BCUT2D eigenvalue weighted by Crippen LogP contribution is 2.65. The fourth-order valence-electron chi connectivity index (χ4n) is 7.62. The largest absolute Gasteiger partial charge is 0.378 e. The van der Waals surface area contributed by atoms with Crippen LogP contribution >= 0.6 is 0 Å². The topological polar surface area (TPSA) is 101 Å². The number of carbonyl (C=O) groups excluding carboxylic acids is 2. The van der Waals surface area contributed by atoms with Crippen LogP contribution in [-0.2, 0) is 26.3 Å². The van der Waals surface area contributed by atoms with E-state index in [0.29, 0.717) is 38.8 Å². The van der Waals surface area contributed by atoms with Crippen LogP contribution in [-0.4, -0.2) is 74.4 Å². The van der Waals surface area contributed by atoms with Crippen LogP contribution in [0.25, 0.3) is 22.2 Å². The number of hydrogen-bond donors (Lipinski definition) is 1. The molecule has 1 saturated heterocycles. The first-order valence-corrected chi connectivity index (χ1v) is 16.5. The van der Waals surface area contributed by atoms with Gasteiger partial charge in [-0.25, -0.2) is 4.72 Å². The minimum absolute atomic E-state index is 0. The Hall–Kier alpha value is -3.21. The molecule has 0 radical (unpaired) electrons. The number of nitrogens with zero attached hydrogens (tertiary/aromatic N) is 3. The Labute approximate surface area is 248 Å². The van der Waals surface area contributed by atoms with Crippen molar-refractivity contribution >= 4 is 32.9 Å². The lowest BCUT2D eigenvalue weighted by Crippen LogP contribution is -2.45. The molecule has 3 heterocycles. The summed E-state index contributed by atoms with van der Waals surface area (Å²) in [4.78, 5) is 29.4. The Morgan fingerprint density at radius 3 is 2.52 bits per heavy atom. The van der Waals surface area contributed by atoms with Gasteiger partial charge in [0.05, 0.1) is 24.3 Å². The van der Waals surface area contributed by atoms with E-state index in [1.165, 1.54) is 50.0 Å². The Bertz CT molecular complexity index is 1690. The number of ether oxygens (including phenoxy) is 1.